The number of halogens is 2. The summed E-state index contributed by atoms with van der Waals surface area (Å²) in [5.74, 6) is 0.225. The first kappa shape index (κ1) is 18.7. The third-order valence-electron chi connectivity index (χ3n) is 4.46. The van der Waals surface area contributed by atoms with Gasteiger partial charge in [-0.1, -0.05) is 37.3 Å². The van der Waals surface area contributed by atoms with Crippen LogP contribution in [0.15, 0.2) is 53.5 Å². The van der Waals surface area contributed by atoms with E-state index >= 15 is 0 Å². The molecule has 0 radical (unpaired) electrons. The molecule has 3 N–H and O–H groups in total. The van der Waals surface area contributed by atoms with E-state index in [1.807, 2.05) is 24.3 Å². The fourth-order valence-corrected chi connectivity index (χ4v) is 2.85. The summed E-state index contributed by atoms with van der Waals surface area (Å²) in [6.07, 6.45) is 2.88. The van der Waals surface area contributed by atoms with Gasteiger partial charge >= 0.3 is 0 Å². The minimum Gasteiger partial charge on any atom is -0.370 e. The second-order valence-electron chi connectivity index (χ2n) is 6.14. The highest BCUT2D eigenvalue weighted by Crippen LogP contribution is 2.49. The van der Waals surface area contributed by atoms with Crippen molar-refractivity contribution in [2.45, 2.75) is 31.6 Å². The molecule has 24 heavy (non-hydrogen) atoms. The van der Waals surface area contributed by atoms with Crippen molar-refractivity contribution >= 4 is 35.6 Å². The van der Waals surface area contributed by atoms with Crippen molar-refractivity contribution in [3.63, 3.8) is 0 Å². The summed E-state index contributed by atoms with van der Waals surface area (Å²) in [5, 5.41) is 3.12. The molecular weight excluding hydrogens is 416 g/mol. The van der Waals surface area contributed by atoms with Gasteiger partial charge in [0.1, 0.15) is 5.82 Å². The summed E-state index contributed by atoms with van der Waals surface area (Å²) >= 11 is 0. The van der Waals surface area contributed by atoms with E-state index < -0.39 is 0 Å². The van der Waals surface area contributed by atoms with Crippen LogP contribution >= 0.6 is 24.0 Å². The first-order valence-electron chi connectivity index (χ1n) is 8.04. The van der Waals surface area contributed by atoms with E-state index in [-0.39, 0.29) is 35.2 Å². The molecule has 0 amide bonds. The zero-order chi connectivity index (χ0) is 16.3. The Bertz CT molecular complexity index is 726. The van der Waals surface area contributed by atoms with E-state index in [1.165, 1.54) is 11.6 Å². The molecule has 0 bridgehead atoms. The topological polar surface area (TPSA) is 50.4 Å². The fourth-order valence-electron chi connectivity index (χ4n) is 2.85. The number of guanidine groups is 1. The van der Waals surface area contributed by atoms with E-state index in [2.05, 4.69) is 29.4 Å². The van der Waals surface area contributed by atoms with Gasteiger partial charge in [-0.2, -0.15) is 0 Å². The van der Waals surface area contributed by atoms with Gasteiger partial charge in [0, 0.05) is 11.1 Å². The highest BCUT2D eigenvalue weighted by molar-refractivity contribution is 14.0. The van der Waals surface area contributed by atoms with Crippen molar-refractivity contribution in [2.24, 2.45) is 10.7 Å². The standard InChI is InChI=1S/C19H22FN3.HI/c1-2-14-6-5-7-15(12-14)23-18(21)22-13-19(10-11-19)16-8-3-4-9-17(16)20;/h3-9,12H,2,10-11,13H2,1H3,(H3,21,22,23);1H. The number of aryl methyl sites for hydroxylation is 1. The largest absolute Gasteiger partial charge is 0.370 e. The van der Waals surface area contributed by atoms with Crippen LogP contribution in [0.25, 0.3) is 0 Å². The maximum Gasteiger partial charge on any atom is 0.193 e. The quantitative estimate of drug-likeness (QED) is 0.411. The second-order valence-corrected chi connectivity index (χ2v) is 6.14. The molecule has 0 atom stereocenters. The summed E-state index contributed by atoms with van der Waals surface area (Å²) in [7, 11) is 0. The third kappa shape index (κ3) is 4.26. The van der Waals surface area contributed by atoms with Crippen molar-refractivity contribution in [2.75, 3.05) is 11.9 Å². The van der Waals surface area contributed by atoms with Crippen molar-refractivity contribution in [3.05, 3.63) is 65.5 Å². The van der Waals surface area contributed by atoms with E-state index in [0.29, 0.717) is 12.5 Å². The Labute approximate surface area is 159 Å². The van der Waals surface area contributed by atoms with Crippen LogP contribution in [0.2, 0.25) is 0 Å². The third-order valence-corrected chi connectivity index (χ3v) is 4.46. The monoisotopic (exact) mass is 439 g/mol. The molecule has 0 aromatic heterocycles. The van der Waals surface area contributed by atoms with Gasteiger partial charge < -0.3 is 11.1 Å². The second kappa shape index (κ2) is 7.96. The average molecular weight is 439 g/mol. The Kier molecular flexibility index (Phi) is 6.21. The number of nitrogens with two attached hydrogens (primary N) is 1. The van der Waals surface area contributed by atoms with Gasteiger partial charge in [-0.25, -0.2) is 4.39 Å². The number of anilines is 1. The first-order valence-corrected chi connectivity index (χ1v) is 8.04. The van der Waals surface area contributed by atoms with E-state index in [4.69, 9.17) is 5.73 Å². The molecule has 1 fully saturated rings. The van der Waals surface area contributed by atoms with E-state index in [0.717, 1.165) is 30.5 Å². The number of rotatable bonds is 5. The smallest absolute Gasteiger partial charge is 0.193 e. The highest BCUT2D eigenvalue weighted by Gasteiger charge is 2.45. The molecule has 0 saturated heterocycles. The van der Waals surface area contributed by atoms with Crippen LogP contribution in [0.5, 0.6) is 0 Å². The number of hydrogen-bond acceptors (Lipinski definition) is 1. The maximum atomic E-state index is 14.0. The summed E-state index contributed by atoms with van der Waals surface area (Å²) in [5.41, 5.74) is 8.75. The van der Waals surface area contributed by atoms with Crippen LogP contribution < -0.4 is 11.1 Å². The summed E-state index contributed by atoms with van der Waals surface area (Å²) < 4.78 is 14.0. The zero-order valence-corrected chi connectivity index (χ0v) is 16.1. The van der Waals surface area contributed by atoms with Gasteiger partial charge in [-0.3, -0.25) is 4.99 Å². The summed E-state index contributed by atoms with van der Waals surface area (Å²) in [6.45, 7) is 2.63. The molecule has 3 rings (SSSR count). The number of benzene rings is 2. The highest BCUT2D eigenvalue weighted by atomic mass is 127. The number of nitrogens with one attached hydrogen (secondary N) is 1. The number of hydrogen-bond donors (Lipinski definition) is 2. The van der Waals surface area contributed by atoms with Crippen LogP contribution in [0, 0.1) is 5.82 Å². The molecule has 1 aliphatic rings. The van der Waals surface area contributed by atoms with E-state index in [9.17, 15) is 4.39 Å². The minimum atomic E-state index is -0.178. The van der Waals surface area contributed by atoms with Crippen molar-refractivity contribution in [1.82, 2.24) is 0 Å². The Balaban J connectivity index is 0.00000208. The van der Waals surface area contributed by atoms with Crippen LogP contribution in [0.3, 0.4) is 0 Å². The Morgan fingerprint density at radius 3 is 2.62 bits per heavy atom. The lowest BCUT2D eigenvalue weighted by Gasteiger charge is -2.15. The molecule has 3 nitrogen and oxygen atoms in total. The van der Waals surface area contributed by atoms with Crippen LogP contribution in [-0.2, 0) is 11.8 Å². The van der Waals surface area contributed by atoms with Gasteiger partial charge in [0.15, 0.2) is 5.96 Å². The molecule has 128 valence electrons. The lowest BCUT2D eigenvalue weighted by Crippen LogP contribution is -2.25. The van der Waals surface area contributed by atoms with Crippen molar-refractivity contribution in [3.8, 4) is 0 Å². The van der Waals surface area contributed by atoms with Gasteiger partial charge in [-0.15, -0.1) is 24.0 Å². The molecule has 0 spiro atoms. The SMILES string of the molecule is CCc1cccc(NC(N)=NCC2(c3ccccc3F)CC2)c1.I. The fraction of sp³-hybridized carbons (Fsp3) is 0.316. The molecule has 1 aliphatic carbocycles. The average Bonchev–Trinajstić information content (AvgIpc) is 3.35. The Morgan fingerprint density at radius 2 is 1.96 bits per heavy atom. The summed E-state index contributed by atoms with van der Waals surface area (Å²) in [4.78, 5) is 4.44. The molecular formula is C19H23FIN3. The minimum absolute atomic E-state index is 0. The van der Waals surface area contributed by atoms with Gasteiger partial charge in [0.2, 0.25) is 0 Å². The first-order chi connectivity index (χ1) is 11.1. The van der Waals surface area contributed by atoms with Crippen LogP contribution in [0.4, 0.5) is 10.1 Å². The summed E-state index contributed by atoms with van der Waals surface area (Å²) in [6, 6.07) is 15.1. The number of nitrogens with zero attached hydrogens (tertiary/aromatic N) is 1. The Hall–Kier alpha value is -1.63. The predicted octanol–water partition coefficient (Wildman–Crippen LogP) is 4.46. The molecule has 0 unspecified atom stereocenters. The van der Waals surface area contributed by atoms with Gasteiger partial charge in [-0.05, 0) is 48.6 Å². The Morgan fingerprint density at radius 1 is 1.21 bits per heavy atom. The lowest BCUT2D eigenvalue weighted by molar-refractivity contribution is 0.573. The number of aliphatic imine (C=N–C) groups is 1. The van der Waals surface area contributed by atoms with Gasteiger partial charge in [0.25, 0.3) is 0 Å². The molecule has 0 aliphatic heterocycles. The van der Waals surface area contributed by atoms with Crippen molar-refractivity contribution < 1.29 is 4.39 Å². The molecule has 0 heterocycles. The molecule has 2 aromatic rings. The zero-order valence-electron chi connectivity index (χ0n) is 13.8. The molecule has 1 saturated carbocycles. The maximum absolute atomic E-state index is 14.0. The predicted molar refractivity (Wildman–Crippen MR) is 109 cm³/mol. The van der Waals surface area contributed by atoms with Crippen LogP contribution in [0.1, 0.15) is 30.9 Å². The lowest BCUT2D eigenvalue weighted by atomic mass is 9.95. The van der Waals surface area contributed by atoms with Gasteiger partial charge in [0.05, 0.1) is 6.54 Å². The molecule has 2 aromatic carbocycles. The van der Waals surface area contributed by atoms with Crippen LogP contribution in [-0.4, -0.2) is 12.5 Å². The molecule has 5 heteroatoms. The normalized spacial score (nSPS) is 15.5. The van der Waals surface area contributed by atoms with Crippen molar-refractivity contribution in [1.29, 1.82) is 0 Å². The van der Waals surface area contributed by atoms with E-state index in [1.54, 1.807) is 6.07 Å².